The Bertz CT molecular complexity index is 955. The van der Waals surface area contributed by atoms with Gasteiger partial charge >= 0.3 is 0 Å². The molecule has 3 heterocycles. The van der Waals surface area contributed by atoms with E-state index in [0.717, 1.165) is 32.8 Å². The van der Waals surface area contributed by atoms with Crippen LogP contribution in [0.1, 0.15) is 27.9 Å². The quantitative estimate of drug-likeness (QED) is 0.601. The van der Waals surface area contributed by atoms with Crippen molar-refractivity contribution >= 4 is 38.9 Å². The second kappa shape index (κ2) is 6.35. The molecule has 1 amide bonds. The normalized spacial score (nSPS) is 16.1. The first kappa shape index (κ1) is 16.4. The van der Waals surface area contributed by atoms with E-state index in [-0.39, 0.29) is 11.9 Å². The molecule has 0 N–H and O–H groups in total. The SMILES string of the molecule is Cc1nc(-c2cccnc2)sc1C(=O)N1c2ccc(Br)cc2C[C@@H]1C. The van der Waals surface area contributed by atoms with Crippen molar-refractivity contribution in [3.63, 3.8) is 0 Å². The number of fused-ring (bicyclic) bond motifs is 1. The third kappa shape index (κ3) is 2.89. The van der Waals surface area contributed by atoms with Crippen LogP contribution in [-0.2, 0) is 6.42 Å². The van der Waals surface area contributed by atoms with Gasteiger partial charge in [0.2, 0.25) is 0 Å². The van der Waals surface area contributed by atoms with Gasteiger partial charge in [0, 0.05) is 34.2 Å². The van der Waals surface area contributed by atoms with Crippen LogP contribution in [0, 0.1) is 6.92 Å². The zero-order chi connectivity index (χ0) is 17.6. The third-order valence-corrected chi connectivity index (χ3v) is 6.06. The van der Waals surface area contributed by atoms with Gasteiger partial charge in [0.1, 0.15) is 9.88 Å². The van der Waals surface area contributed by atoms with Crippen molar-refractivity contribution in [2.24, 2.45) is 0 Å². The summed E-state index contributed by atoms with van der Waals surface area (Å²) in [5.74, 6) is 0.0266. The lowest BCUT2D eigenvalue weighted by atomic mass is 10.1. The zero-order valence-corrected chi connectivity index (χ0v) is 16.3. The van der Waals surface area contributed by atoms with E-state index in [1.54, 1.807) is 12.4 Å². The number of carbonyl (C=O) groups is 1. The molecule has 4 rings (SSSR count). The van der Waals surface area contributed by atoms with Crippen molar-refractivity contribution in [2.45, 2.75) is 26.3 Å². The molecule has 4 nitrogen and oxygen atoms in total. The van der Waals surface area contributed by atoms with Gasteiger partial charge in [-0.05, 0) is 56.2 Å². The first-order valence-corrected chi connectivity index (χ1v) is 9.65. The van der Waals surface area contributed by atoms with Gasteiger partial charge in [0.15, 0.2) is 0 Å². The van der Waals surface area contributed by atoms with E-state index in [9.17, 15) is 4.79 Å². The number of amides is 1. The van der Waals surface area contributed by atoms with Crippen LogP contribution >= 0.6 is 27.3 Å². The van der Waals surface area contributed by atoms with Gasteiger partial charge in [0.25, 0.3) is 5.91 Å². The Hall–Kier alpha value is -2.05. The predicted octanol–water partition coefficient (Wildman–Crippen LogP) is 4.87. The monoisotopic (exact) mass is 413 g/mol. The number of benzene rings is 1. The Morgan fingerprint density at radius 1 is 1.36 bits per heavy atom. The summed E-state index contributed by atoms with van der Waals surface area (Å²) in [5, 5.41) is 0.830. The van der Waals surface area contributed by atoms with Gasteiger partial charge in [-0.2, -0.15) is 0 Å². The smallest absolute Gasteiger partial charge is 0.270 e. The number of pyridine rings is 1. The molecule has 0 saturated carbocycles. The minimum absolute atomic E-state index is 0.0266. The van der Waals surface area contributed by atoms with Crippen molar-refractivity contribution < 1.29 is 4.79 Å². The first-order valence-electron chi connectivity index (χ1n) is 8.04. The number of aromatic nitrogens is 2. The van der Waals surface area contributed by atoms with Crippen LogP contribution in [0.15, 0.2) is 47.2 Å². The lowest BCUT2D eigenvalue weighted by Gasteiger charge is -2.22. The molecular weight excluding hydrogens is 398 g/mol. The van der Waals surface area contributed by atoms with Crippen LogP contribution in [0.3, 0.4) is 0 Å². The lowest BCUT2D eigenvalue weighted by molar-refractivity contribution is 0.0984. The van der Waals surface area contributed by atoms with Crippen molar-refractivity contribution in [1.82, 2.24) is 9.97 Å². The number of rotatable bonds is 2. The maximum Gasteiger partial charge on any atom is 0.270 e. The number of hydrogen-bond acceptors (Lipinski definition) is 4. The minimum Gasteiger partial charge on any atom is -0.304 e. The summed E-state index contributed by atoms with van der Waals surface area (Å²) < 4.78 is 1.04. The Kier molecular flexibility index (Phi) is 4.17. The summed E-state index contributed by atoms with van der Waals surface area (Å²) in [6.07, 6.45) is 4.38. The standard InChI is InChI=1S/C19H16BrN3OS/c1-11-8-14-9-15(20)5-6-16(14)23(11)19(24)17-12(2)22-18(25-17)13-4-3-7-21-10-13/h3-7,9-11H,8H2,1-2H3/t11-/m0/s1. The fraction of sp³-hybridized carbons (Fsp3) is 0.211. The Morgan fingerprint density at radius 3 is 2.96 bits per heavy atom. The average Bonchev–Trinajstić information content (AvgIpc) is 3.14. The summed E-state index contributed by atoms with van der Waals surface area (Å²) in [7, 11) is 0. The highest BCUT2D eigenvalue weighted by molar-refractivity contribution is 9.10. The van der Waals surface area contributed by atoms with Gasteiger partial charge in [-0.25, -0.2) is 4.98 Å². The van der Waals surface area contributed by atoms with E-state index < -0.39 is 0 Å². The lowest BCUT2D eigenvalue weighted by Crippen LogP contribution is -2.35. The number of aryl methyl sites for hydroxylation is 1. The van der Waals surface area contributed by atoms with Crippen molar-refractivity contribution in [3.05, 3.63) is 63.3 Å². The van der Waals surface area contributed by atoms with E-state index in [4.69, 9.17) is 0 Å². The molecule has 2 aromatic heterocycles. The third-order valence-electron chi connectivity index (χ3n) is 4.38. The molecule has 25 heavy (non-hydrogen) atoms. The van der Waals surface area contributed by atoms with E-state index in [2.05, 4.69) is 38.9 Å². The molecule has 6 heteroatoms. The molecule has 0 unspecified atom stereocenters. The van der Waals surface area contributed by atoms with Crippen LogP contribution in [-0.4, -0.2) is 21.9 Å². The molecule has 0 fully saturated rings. The van der Waals surface area contributed by atoms with Gasteiger partial charge in [-0.3, -0.25) is 9.78 Å². The van der Waals surface area contributed by atoms with Crippen LogP contribution in [0.4, 0.5) is 5.69 Å². The molecule has 1 aliphatic rings. The van der Waals surface area contributed by atoms with Crippen LogP contribution in [0.25, 0.3) is 10.6 Å². The molecule has 0 spiro atoms. The molecule has 0 radical (unpaired) electrons. The summed E-state index contributed by atoms with van der Waals surface area (Å²) in [6.45, 7) is 3.98. The second-order valence-electron chi connectivity index (χ2n) is 6.18. The molecular formula is C19H16BrN3OS. The molecule has 126 valence electrons. The van der Waals surface area contributed by atoms with Crippen LogP contribution < -0.4 is 4.90 Å². The van der Waals surface area contributed by atoms with Crippen molar-refractivity contribution in [2.75, 3.05) is 4.90 Å². The fourth-order valence-electron chi connectivity index (χ4n) is 3.23. The Balaban J connectivity index is 1.72. The van der Waals surface area contributed by atoms with Gasteiger partial charge in [-0.15, -0.1) is 11.3 Å². The predicted molar refractivity (Wildman–Crippen MR) is 104 cm³/mol. The maximum absolute atomic E-state index is 13.2. The minimum atomic E-state index is 0.0266. The van der Waals surface area contributed by atoms with Crippen molar-refractivity contribution in [3.8, 4) is 10.6 Å². The summed E-state index contributed by atoms with van der Waals surface area (Å²) in [4.78, 5) is 24.6. The molecule has 0 saturated heterocycles. The van der Waals surface area contributed by atoms with Crippen molar-refractivity contribution in [1.29, 1.82) is 0 Å². The van der Waals surface area contributed by atoms with Gasteiger partial charge in [0.05, 0.1) is 5.69 Å². The summed E-state index contributed by atoms with van der Waals surface area (Å²) in [6, 6.07) is 10.1. The number of nitrogens with zero attached hydrogens (tertiary/aromatic N) is 3. The fourth-order valence-corrected chi connectivity index (χ4v) is 4.63. The molecule has 0 bridgehead atoms. The van der Waals surface area contributed by atoms with Crippen LogP contribution in [0.2, 0.25) is 0 Å². The van der Waals surface area contributed by atoms with Gasteiger partial charge in [-0.1, -0.05) is 15.9 Å². The van der Waals surface area contributed by atoms with E-state index in [1.807, 2.05) is 36.1 Å². The largest absolute Gasteiger partial charge is 0.304 e. The molecule has 1 aliphatic heterocycles. The molecule has 3 aromatic rings. The van der Waals surface area contributed by atoms with Crippen LogP contribution in [0.5, 0.6) is 0 Å². The van der Waals surface area contributed by atoms with E-state index in [0.29, 0.717) is 4.88 Å². The molecule has 1 aromatic carbocycles. The first-order chi connectivity index (χ1) is 12.0. The highest BCUT2D eigenvalue weighted by atomic mass is 79.9. The highest BCUT2D eigenvalue weighted by Gasteiger charge is 2.33. The molecule has 0 aliphatic carbocycles. The zero-order valence-electron chi connectivity index (χ0n) is 13.9. The number of carbonyl (C=O) groups excluding carboxylic acids is 1. The summed E-state index contributed by atoms with van der Waals surface area (Å²) >= 11 is 4.95. The second-order valence-corrected chi connectivity index (χ2v) is 8.09. The number of anilines is 1. The average molecular weight is 414 g/mol. The van der Waals surface area contributed by atoms with E-state index in [1.165, 1.54) is 16.9 Å². The Labute approximate surface area is 158 Å². The number of halogens is 1. The topological polar surface area (TPSA) is 46.1 Å². The summed E-state index contributed by atoms with van der Waals surface area (Å²) in [5.41, 5.74) is 3.90. The Morgan fingerprint density at radius 2 is 2.20 bits per heavy atom. The number of thiazole rings is 1. The van der Waals surface area contributed by atoms with Gasteiger partial charge < -0.3 is 4.90 Å². The highest BCUT2D eigenvalue weighted by Crippen LogP contribution is 2.37. The maximum atomic E-state index is 13.2. The van der Waals surface area contributed by atoms with E-state index >= 15 is 0 Å². The number of hydrogen-bond donors (Lipinski definition) is 0. The molecule has 1 atom stereocenters.